The fraction of sp³-hybridized carbons (Fsp3) is 0.250. The normalized spacial score (nSPS) is 11.9. The van der Waals surface area contributed by atoms with Gasteiger partial charge in [-0.2, -0.15) is 0 Å². The number of thioether (sulfide) groups is 1. The van der Waals surface area contributed by atoms with E-state index in [-0.39, 0.29) is 11.2 Å². The largest absolute Gasteiger partial charge is 0.322 e. The van der Waals surface area contributed by atoms with Crippen molar-refractivity contribution in [1.82, 2.24) is 15.2 Å². The first kappa shape index (κ1) is 18.2. The van der Waals surface area contributed by atoms with Crippen molar-refractivity contribution in [2.45, 2.75) is 37.1 Å². The van der Waals surface area contributed by atoms with Gasteiger partial charge in [-0.05, 0) is 43.2 Å². The van der Waals surface area contributed by atoms with Crippen LogP contribution in [-0.2, 0) is 6.42 Å². The second-order valence-electron chi connectivity index (χ2n) is 6.02. The monoisotopic (exact) mass is 366 g/mol. The van der Waals surface area contributed by atoms with Gasteiger partial charge in [-0.3, -0.25) is 9.89 Å². The molecule has 0 saturated carbocycles. The lowest BCUT2D eigenvalue weighted by Crippen LogP contribution is -2.11. The van der Waals surface area contributed by atoms with E-state index in [9.17, 15) is 4.79 Å². The molecule has 0 bridgehead atoms. The minimum Gasteiger partial charge on any atom is -0.322 e. The number of H-pyrrole nitrogens is 1. The molecule has 3 rings (SSSR count). The first-order chi connectivity index (χ1) is 12.7. The van der Waals surface area contributed by atoms with E-state index in [2.05, 4.69) is 40.4 Å². The molecule has 134 valence electrons. The Morgan fingerprint density at radius 2 is 2.00 bits per heavy atom. The van der Waals surface area contributed by atoms with Gasteiger partial charge in [0, 0.05) is 22.9 Å². The molecule has 1 heterocycles. The molecule has 1 aromatic heterocycles. The number of hydrogen-bond donors (Lipinski definition) is 2. The fourth-order valence-corrected chi connectivity index (χ4v) is 3.43. The second kappa shape index (κ2) is 8.67. The molecule has 2 N–H and O–H groups in total. The van der Waals surface area contributed by atoms with Crippen molar-refractivity contribution in [3.8, 4) is 0 Å². The Balaban J connectivity index is 1.66. The quantitative estimate of drug-likeness (QED) is 0.586. The SMILES string of the molecule is CCCc1nc(SC(C)c2cccc(NC(=O)c3ccccc3)c2)n[nH]1. The maximum absolute atomic E-state index is 12.3. The van der Waals surface area contributed by atoms with Gasteiger partial charge in [0.25, 0.3) is 5.91 Å². The Bertz CT molecular complexity index is 863. The number of amides is 1. The third-order valence-corrected chi connectivity index (χ3v) is 4.95. The van der Waals surface area contributed by atoms with Crippen LogP contribution in [0.2, 0.25) is 0 Å². The third-order valence-electron chi connectivity index (χ3n) is 3.93. The molecule has 3 aromatic rings. The van der Waals surface area contributed by atoms with Crippen molar-refractivity contribution in [3.05, 3.63) is 71.5 Å². The van der Waals surface area contributed by atoms with E-state index in [4.69, 9.17) is 0 Å². The lowest BCUT2D eigenvalue weighted by molar-refractivity contribution is 0.102. The van der Waals surface area contributed by atoms with E-state index in [0.29, 0.717) is 5.56 Å². The number of aryl methyl sites for hydroxylation is 1. The van der Waals surface area contributed by atoms with E-state index in [1.165, 1.54) is 0 Å². The number of nitrogens with one attached hydrogen (secondary N) is 2. The lowest BCUT2D eigenvalue weighted by Gasteiger charge is -2.12. The van der Waals surface area contributed by atoms with Crippen molar-refractivity contribution < 1.29 is 4.79 Å². The van der Waals surface area contributed by atoms with Crippen LogP contribution in [0.3, 0.4) is 0 Å². The molecule has 0 aliphatic rings. The smallest absolute Gasteiger partial charge is 0.255 e. The molecule has 0 aliphatic heterocycles. The minimum atomic E-state index is -0.110. The Morgan fingerprint density at radius 3 is 2.77 bits per heavy atom. The number of rotatable bonds is 7. The molecule has 5 nitrogen and oxygen atoms in total. The van der Waals surface area contributed by atoms with Gasteiger partial charge >= 0.3 is 0 Å². The molecule has 0 radical (unpaired) electrons. The number of anilines is 1. The van der Waals surface area contributed by atoms with Crippen molar-refractivity contribution >= 4 is 23.4 Å². The number of nitrogens with zero attached hydrogens (tertiary/aromatic N) is 2. The zero-order valence-corrected chi connectivity index (χ0v) is 15.7. The zero-order chi connectivity index (χ0) is 18.4. The van der Waals surface area contributed by atoms with Gasteiger partial charge in [-0.25, -0.2) is 4.98 Å². The van der Waals surface area contributed by atoms with Gasteiger partial charge < -0.3 is 5.32 Å². The summed E-state index contributed by atoms with van der Waals surface area (Å²) in [6.07, 6.45) is 1.95. The molecule has 1 amide bonds. The summed E-state index contributed by atoms with van der Waals surface area (Å²) in [5.74, 6) is 0.812. The summed E-state index contributed by atoms with van der Waals surface area (Å²) in [4.78, 5) is 16.8. The highest BCUT2D eigenvalue weighted by Gasteiger charge is 2.13. The van der Waals surface area contributed by atoms with E-state index >= 15 is 0 Å². The summed E-state index contributed by atoms with van der Waals surface area (Å²) in [5, 5.41) is 11.1. The van der Waals surface area contributed by atoms with E-state index < -0.39 is 0 Å². The number of hydrogen-bond acceptors (Lipinski definition) is 4. The van der Waals surface area contributed by atoms with Crippen LogP contribution in [0.15, 0.2) is 59.8 Å². The number of aromatic nitrogens is 3. The molecule has 2 aromatic carbocycles. The fourth-order valence-electron chi connectivity index (χ4n) is 2.57. The average molecular weight is 366 g/mol. The van der Waals surface area contributed by atoms with Crippen molar-refractivity contribution in [2.24, 2.45) is 0 Å². The van der Waals surface area contributed by atoms with Crippen molar-refractivity contribution in [1.29, 1.82) is 0 Å². The molecular formula is C20H22N4OS. The predicted octanol–water partition coefficient (Wildman–Crippen LogP) is 4.86. The van der Waals surface area contributed by atoms with Crippen LogP contribution in [0.4, 0.5) is 5.69 Å². The highest BCUT2D eigenvalue weighted by Crippen LogP contribution is 2.33. The molecule has 0 fully saturated rings. The Kier molecular flexibility index (Phi) is 6.07. The maximum Gasteiger partial charge on any atom is 0.255 e. The van der Waals surface area contributed by atoms with Gasteiger partial charge in [-0.1, -0.05) is 49.0 Å². The van der Waals surface area contributed by atoms with Gasteiger partial charge in [0.05, 0.1) is 0 Å². The highest BCUT2D eigenvalue weighted by molar-refractivity contribution is 7.99. The Morgan fingerprint density at radius 1 is 1.19 bits per heavy atom. The standard InChI is InChI=1S/C20H22N4OS/c1-3-8-18-22-20(24-23-18)26-14(2)16-11-7-12-17(13-16)21-19(25)15-9-5-4-6-10-15/h4-7,9-14H,3,8H2,1-2H3,(H,21,25)(H,22,23,24). The lowest BCUT2D eigenvalue weighted by atomic mass is 10.1. The van der Waals surface area contributed by atoms with Crippen LogP contribution in [0.25, 0.3) is 0 Å². The highest BCUT2D eigenvalue weighted by atomic mass is 32.2. The van der Waals surface area contributed by atoms with E-state index in [1.807, 2.05) is 36.4 Å². The number of benzene rings is 2. The summed E-state index contributed by atoms with van der Waals surface area (Å²) in [5.41, 5.74) is 2.54. The summed E-state index contributed by atoms with van der Waals surface area (Å²) in [6.45, 7) is 4.23. The van der Waals surface area contributed by atoms with Crippen LogP contribution in [0.1, 0.15) is 47.3 Å². The Hall–Kier alpha value is -2.60. The molecule has 6 heteroatoms. The first-order valence-corrected chi connectivity index (χ1v) is 9.58. The van der Waals surface area contributed by atoms with Gasteiger partial charge in [0.15, 0.2) is 0 Å². The van der Waals surface area contributed by atoms with Crippen LogP contribution >= 0.6 is 11.8 Å². The summed E-state index contributed by atoms with van der Waals surface area (Å²) in [7, 11) is 0. The average Bonchev–Trinajstić information content (AvgIpc) is 3.10. The molecule has 1 atom stereocenters. The van der Waals surface area contributed by atoms with Crippen molar-refractivity contribution in [2.75, 3.05) is 5.32 Å². The summed E-state index contributed by atoms with van der Waals surface area (Å²) >= 11 is 1.60. The number of aromatic amines is 1. The van der Waals surface area contributed by atoms with Crippen LogP contribution in [0.5, 0.6) is 0 Å². The van der Waals surface area contributed by atoms with E-state index in [0.717, 1.165) is 35.1 Å². The molecule has 1 unspecified atom stereocenters. The van der Waals surface area contributed by atoms with Gasteiger partial charge in [0.1, 0.15) is 5.82 Å². The molecule has 26 heavy (non-hydrogen) atoms. The van der Waals surface area contributed by atoms with Crippen LogP contribution in [-0.4, -0.2) is 21.1 Å². The van der Waals surface area contributed by atoms with Crippen LogP contribution < -0.4 is 5.32 Å². The summed E-state index contributed by atoms with van der Waals surface area (Å²) < 4.78 is 0. The third kappa shape index (κ3) is 4.73. The molecular weight excluding hydrogens is 344 g/mol. The molecule has 0 spiro atoms. The second-order valence-corrected chi connectivity index (χ2v) is 7.33. The van der Waals surface area contributed by atoms with E-state index in [1.54, 1.807) is 23.9 Å². The summed E-state index contributed by atoms with van der Waals surface area (Å²) in [6, 6.07) is 17.1. The van der Waals surface area contributed by atoms with Gasteiger partial charge in [0.2, 0.25) is 5.16 Å². The predicted molar refractivity (Wildman–Crippen MR) is 105 cm³/mol. The van der Waals surface area contributed by atoms with Gasteiger partial charge in [-0.15, -0.1) is 5.10 Å². The Labute approximate surface area is 157 Å². The molecule has 0 aliphatic carbocycles. The number of carbonyl (C=O) groups is 1. The number of carbonyl (C=O) groups excluding carboxylic acids is 1. The zero-order valence-electron chi connectivity index (χ0n) is 14.9. The van der Waals surface area contributed by atoms with Crippen LogP contribution in [0, 0.1) is 0 Å². The minimum absolute atomic E-state index is 0.110. The van der Waals surface area contributed by atoms with Crippen molar-refractivity contribution in [3.63, 3.8) is 0 Å². The maximum atomic E-state index is 12.3. The first-order valence-electron chi connectivity index (χ1n) is 8.70. The molecule has 0 saturated heterocycles. The topological polar surface area (TPSA) is 70.7 Å².